The molecule has 0 aromatic heterocycles. The van der Waals surface area contributed by atoms with Crippen molar-refractivity contribution in [3.8, 4) is 5.75 Å². The molecule has 0 saturated heterocycles. The Kier molecular flexibility index (Phi) is 11.9. The van der Waals surface area contributed by atoms with Crippen molar-refractivity contribution in [1.29, 1.82) is 0 Å². The minimum atomic E-state index is -5.08. The Morgan fingerprint density at radius 3 is 1.98 bits per heavy atom. The second kappa shape index (κ2) is 13.8. The molecule has 17 heteroatoms. The Bertz CT molecular complexity index is 1990. The van der Waals surface area contributed by atoms with Gasteiger partial charge in [-0.15, -0.1) is 5.11 Å². The van der Waals surface area contributed by atoms with E-state index in [1.807, 2.05) is 0 Å². The van der Waals surface area contributed by atoms with Crippen LogP contribution in [0, 0.1) is 6.92 Å². The summed E-state index contributed by atoms with van der Waals surface area (Å²) in [6, 6.07) is 16.4. The van der Waals surface area contributed by atoms with Gasteiger partial charge in [0.15, 0.2) is 0 Å². The molecular formula is C25H23N3Na2O9S3. The summed E-state index contributed by atoms with van der Waals surface area (Å²) in [5.74, 6) is -0.568. The number of hydrogen-bond donors (Lipinski definition) is 3. The summed E-state index contributed by atoms with van der Waals surface area (Å²) in [4.78, 5) is -1.82. The molecule has 3 N–H and O–H groups in total. The molecule has 0 unspecified atom stereocenters. The first kappa shape index (κ1) is 36.3. The fourth-order valence-corrected chi connectivity index (χ4v) is 7.15. The number of para-hydroxylation sites is 1. The minimum Gasteiger partial charge on any atom is -0.506 e. The molecule has 2 radical (unpaired) electrons. The van der Waals surface area contributed by atoms with Crippen molar-refractivity contribution >= 4 is 117 Å². The summed E-state index contributed by atoms with van der Waals surface area (Å²) in [6.45, 7) is 3.44. The van der Waals surface area contributed by atoms with Crippen LogP contribution in [0.3, 0.4) is 0 Å². The van der Waals surface area contributed by atoms with Crippen LogP contribution in [0.2, 0.25) is 0 Å². The number of sulfonamides is 1. The molecule has 4 aromatic rings. The van der Waals surface area contributed by atoms with Crippen molar-refractivity contribution in [2.45, 2.75) is 28.5 Å². The molecule has 0 atom stereocenters. The van der Waals surface area contributed by atoms with Gasteiger partial charge in [-0.1, -0.05) is 30.3 Å². The van der Waals surface area contributed by atoms with E-state index in [-0.39, 0.29) is 87.0 Å². The molecule has 4 rings (SSSR count). The Morgan fingerprint density at radius 2 is 1.40 bits per heavy atom. The van der Waals surface area contributed by atoms with Crippen LogP contribution >= 0.6 is 0 Å². The number of azo groups is 1. The normalized spacial score (nSPS) is 12.1. The van der Waals surface area contributed by atoms with E-state index in [0.29, 0.717) is 17.3 Å². The molecule has 0 amide bonds. The number of fused-ring (bicyclic) bond motifs is 1. The molecular weight excluding hydrogens is 628 g/mol. The molecule has 0 aliphatic heterocycles. The van der Waals surface area contributed by atoms with E-state index < -0.39 is 51.5 Å². The average Bonchev–Trinajstić information content (AvgIpc) is 2.88. The Balaban J connectivity index is 0.00000308. The van der Waals surface area contributed by atoms with Crippen LogP contribution in [-0.2, 0) is 30.3 Å². The molecule has 0 fully saturated rings. The predicted octanol–water partition coefficient (Wildman–Crippen LogP) is 4.22. The fourth-order valence-electron chi connectivity index (χ4n) is 4.07. The first-order chi connectivity index (χ1) is 18.6. The van der Waals surface area contributed by atoms with Crippen LogP contribution < -0.4 is 4.31 Å². The van der Waals surface area contributed by atoms with Crippen molar-refractivity contribution in [2.75, 3.05) is 10.8 Å². The zero-order chi connectivity index (χ0) is 29.5. The number of hydrogen-bond acceptors (Lipinski definition) is 9. The van der Waals surface area contributed by atoms with E-state index in [1.165, 1.54) is 22.5 Å². The largest absolute Gasteiger partial charge is 0.506 e. The van der Waals surface area contributed by atoms with Crippen molar-refractivity contribution < 1.29 is 39.5 Å². The third kappa shape index (κ3) is 7.60. The minimum absolute atomic E-state index is 0. The quantitative estimate of drug-likeness (QED) is 0.142. The van der Waals surface area contributed by atoms with E-state index in [1.54, 1.807) is 44.2 Å². The molecule has 0 spiro atoms. The number of rotatable bonds is 8. The standard InChI is InChI=1S/C25H23N3O9S3.2Na/c1-3-28(19-7-5-4-6-8-19)38(30,31)22-14-18(11-9-16(22)2)26-27-25-21(29)12-10-17-13-20(39(32,33)34)15-23(24(17)25)40(35,36)37;;/h4-15,29H,3H2,1-2H3,(H,32,33,34)(H,35,36,37);;. The number of nitrogens with zero attached hydrogens (tertiary/aromatic N) is 3. The van der Waals surface area contributed by atoms with Crippen LogP contribution in [0.25, 0.3) is 10.8 Å². The van der Waals surface area contributed by atoms with Crippen molar-refractivity contribution in [3.63, 3.8) is 0 Å². The third-order valence-corrected chi connectivity index (χ3v) is 9.67. The second-order valence-electron chi connectivity index (χ2n) is 8.56. The van der Waals surface area contributed by atoms with E-state index >= 15 is 0 Å². The Morgan fingerprint density at radius 1 is 0.762 bits per heavy atom. The van der Waals surface area contributed by atoms with E-state index in [0.717, 1.165) is 18.2 Å². The molecule has 0 aliphatic carbocycles. The van der Waals surface area contributed by atoms with Gasteiger partial charge in [0.1, 0.15) is 16.3 Å². The van der Waals surface area contributed by atoms with Gasteiger partial charge in [-0.2, -0.15) is 21.9 Å². The fraction of sp³-hybridized carbons (Fsp3) is 0.120. The van der Waals surface area contributed by atoms with Crippen molar-refractivity contribution in [2.24, 2.45) is 10.2 Å². The molecule has 4 aromatic carbocycles. The predicted molar refractivity (Wildman–Crippen MR) is 159 cm³/mol. The molecule has 0 saturated carbocycles. The first-order valence-corrected chi connectivity index (χ1v) is 15.8. The van der Waals surface area contributed by atoms with Gasteiger partial charge in [-0.25, -0.2) is 8.42 Å². The Hall–Kier alpha value is -1.89. The topological polar surface area (TPSA) is 191 Å². The first-order valence-electron chi connectivity index (χ1n) is 11.5. The monoisotopic (exact) mass is 651 g/mol. The molecule has 0 aliphatic rings. The number of benzene rings is 4. The summed E-state index contributed by atoms with van der Waals surface area (Å²) in [5, 5.41) is 17.9. The van der Waals surface area contributed by atoms with Crippen molar-refractivity contribution in [1.82, 2.24) is 0 Å². The maximum atomic E-state index is 13.6. The third-order valence-electron chi connectivity index (χ3n) is 5.92. The summed E-state index contributed by atoms with van der Waals surface area (Å²) in [7, 11) is -14.0. The van der Waals surface area contributed by atoms with Crippen molar-refractivity contribution in [3.05, 3.63) is 78.4 Å². The van der Waals surface area contributed by atoms with Crippen LogP contribution in [0.5, 0.6) is 5.75 Å². The molecule has 12 nitrogen and oxygen atoms in total. The summed E-state index contributed by atoms with van der Waals surface area (Å²) in [5.41, 5.74) is 0.468. The van der Waals surface area contributed by atoms with Gasteiger partial charge in [0.25, 0.3) is 30.3 Å². The summed E-state index contributed by atoms with van der Waals surface area (Å²) in [6.07, 6.45) is 0. The number of phenolic OH excluding ortho intramolecular Hbond substituents is 1. The van der Waals surface area contributed by atoms with Gasteiger partial charge in [0, 0.05) is 71.0 Å². The second-order valence-corrected chi connectivity index (χ2v) is 13.2. The number of aryl methyl sites for hydroxylation is 1. The van der Waals surface area contributed by atoms with E-state index in [2.05, 4.69) is 10.2 Å². The molecule has 0 heterocycles. The van der Waals surface area contributed by atoms with Gasteiger partial charge in [-0.05, 0) is 67.3 Å². The maximum Gasteiger partial charge on any atom is 0.295 e. The van der Waals surface area contributed by atoms with Gasteiger partial charge in [0.2, 0.25) is 0 Å². The average molecular weight is 652 g/mol. The van der Waals surface area contributed by atoms with Crippen LogP contribution in [0.4, 0.5) is 17.1 Å². The summed E-state index contributed by atoms with van der Waals surface area (Å²) < 4.78 is 95.1. The molecule has 42 heavy (non-hydrogen) atoms. The Labute approximate surface area is 287 Å². The van der Waals surface area contributed by atoms with Crippen LogP contribution in [0.1, 0.15) is 12.5 Å². The van der Waals surface area contributed by atoms with Gasteiger partial charge >= 0.3 is 0 Å². The number of anilines is 1. The smallest absolute Gasteiger partial charge is 0.295 e. The summed E-state index contributed by atoms with van der Waals surface area (Å²) >= 11 is 0. The maximum absolute atomic E-state index is 13.6. The van der Waals surface area contributed by atoms with Gasteiger partial charge in [-0.3, -0.25) is 13.4 Å². The van der Waals surface area contributed by atoms with Crippen LogP contribution in [-0.4, -0.2) is 105 Å². The zero-order valence-corrected chi connectivity index (χ0v) is 29.4. The molecule has 212 valence electrons. The van der Waals surface area contributed by atoms with Crippen LogP contribution in [0.15, 0.2) is 97.7 Å². The van der Waals surface area contributed by atoms with Gasteiger partial charge in [0.05, 0.1) is 21.2 Å². The number of phenols is 1. The zero-order valence-electron chi connectivity index (χ0n) is 23.0. The van der Waals surface area contributed by atoms with E-state index in [9.17, 15) is 39.5 Å². The number of aromatic hydroxyl groups is 1. The molecule has 0 bridgehead atoms. The van der Waals surface area contributed by atoms with E-state index in [4.69, 9.17) is 0 Å². The SMILES string of the molecule is CCN(c1ccccc1)S(=O)(=O)c1cc(N=Nc2c(O)ccc3cc(S(=O)(=O)O)cc(S(=O)(=O)O)c23)ccc1C.[Na].[Na]. The van der Waals surface area contributed by atoms with Gasteiger partial charge < -0.3 is 5.11 Å².